The molecule has 16 heteroatoms. The monoisotopic (exact) mass is 772 g/mol. The molecule has 2 aromatic carbocycles. The predicted molar refractivity (Wildman–Crippen MR) is 204 cm³/mol. The van der Waals surface area contributed by atoms with Crippen molar-refractivity contribution in [1.29, 1.82) is 0 Å². The van der Waals surface area contributed by atoms with E-state index < -0.39 is 89.9 Å². The van der Waals surface area contributed by atoms with Gasteiger partial charge in [0.1, 0.15) is 42.4 Å². The Balaban J connectivity index is 1.34. The lowest BCUT2D eigenvalue weighted by Crippen LogP contribution is -2.63. The van der Waals surface area contributed by atoms with Crippen molar-refractivity contribution in [3.05, 3.63) is 66.2 Å². The molecule has 6 N–H and O–H groups in total. The summed E-state index contributed by atoms with van der Waals surface area (Å²) in [4.78, 5) is 102. The van der Waals surface area contributed by atoms with Crippen LogP contribution in [0.4, 0.5) is 10.5 Å². The lowest BCUT2D eigenvalue weighted by atomic mass is 9.98. The van der Waals surface area contributed by atoms with Crippen molar-refractivity contribution < 1.29 is 38.3 Å². The molecule has 9 atom stereocenters. The van der Waals surface area contributed by atoms with Crippen LogP contribution in [0, 0.1) is 5.92 Å². The molecule has 0 aliphatic carbocycles. The van der Waals surface area contributed by atoms with Gasteiger partial charge in [0, 0.05) is 37.8 Å². The maximum Gasteiger partial charge on any atom is 0.329 e. The third kappa shape index (κ3) is 9.12. The van der Waals surface area contributed by atoms with Gasteiger partial charge in [0.05, 0.1) is 0 Å². The Bertz CT molecular complexity index is 1800. The van der Waals surface area contributed by atoms with E-state index in [4.69, 9.17) is 10.5 Å². The maximum absolute atomic E-state index is 14.8. The first-order chi connectivity index (χ1) is 26.8. The van der Waals surface area contributed by atoms with Gasteiger partial charge < -0.3 is 46.4 Å². The van der Waals surface area contributed by atoms with E-state index in [2.05, 4.69) is 21.3 Å². The summed E-state index contributed by atoms with van der Waals surface area (Å²) in [7, 11) is 0. The second kappa shape index (κ2) is 17.5. The Morgan fingerprint density at radius 3 is 2.21 bits per heavy atom. The van der Waals surface area contributed by atoms with Gasteiger partial charge in [0.25, 0.3) is 0 Å². The Kier molecular flexibility index (Phi) is 12.6. The molecule has 56 heavy (non-hydrogen) atoms. The normalized spacial score (nSPS) is 29.4. The molecule has 0 spiro atoms. The molecule has 6 rings (SSSR count). The molecule has 7 amide bonds. The molecule has 0 radical (unpaired) electrons. The Morgan fingerprint density at radius 2 is 1.50 bits per heavy atom. The Hall–Kier alpha value is -5.51. The lowest BCUT2D eigenvalue weighted by Gasteiger charge is -2.39. The number of rotatable bonds is 6. The number of urea groups is 1. The molecular weight excluding hydrogens is 720 g/mol. The number of amides is 7. The largest absolute Gasteiger partial charge is 0.458 e. The van der Waals surface area contributed by atoms with Gasteiger partial charge in [-0.05, 0) is 69.6 Å². The summed E-state index contributed by atoms with van der Waals surface area (Å²) in [5, 5.41) is 11.0. The van der Waals surface area contributed by atoms with E-state index in [1.54, 1.807) is 61.5 Å². The zero-order valence-corrected chi connectivity index (χ0v) is 32.0. The molecule has 4 aliphatic heterocycles. The van der Waals surface area contributed by atoms with E-state index in [-0.39, 0.29) is 44.8 Å². The number of nitrogens with zero attached hydrogens (tertiary/aromatic N) is 3. The van der Waals surface area contributed by atoms with Crippen molar-refractivity contribution in [2.75, 3.05) is 25.0 Å². The number of nitrogens with two attached hydrogens (primary N) is 1. The van der Waals surface area contributed by atoms with Crippen molar-refractivity contribution in [2.45, 2.75) is 108 Å². The van der Waals surface area contributed by atoms with Crippen LogP contribution in [0.25, 0.3) is 0 Å². The molecule has 1 unspecified atom stereocenters. The predicted octanol–water partition coefficient (Wildman–Crippen LogP) is 0.901. The quantitative estimate of drug-likeness (QED) is 0.264. The molecule has 0 aromatic heterocycles. The van der Waals surface area contributed by atoms with Gasteiger partial charge in [0.2, 0.25) is 29.5 Å². The SMILES string of the molecule is C[C@@H]1C[C@H]2C(=O)O[C@@H](C)[C@H](NC(=O)[C@H](Cc3ccccc3)NC(=O)Nc3ccccc3)C(=O)N3CC(N)C[C@H]3C(=O)N3CCCC[C@H]3C(=O)N[C@@H](C)C(=O)N2C1. The van der Waals surface area contributed by atoms with Gasteiger partial charge in [-0.1, -0.05) is 55.5 Å². The zero-order chi connectivity index (χ0) is 40.1. The number of nitrogens with one attached hydrogen (secondary N) is 4. The number of carbonyl (C=O) groups excluding carboxylic acids is 7. The Morgan fingerprint density at radius 1 is 0.821 bits per heavy atom. The lowest BCUT2D eigenvalue weighted by molar-refractivity contribution is -0.163. The van der Waals surface area contributed by atoms with Crippen LogP contribution < -0.4 is 27.0 Å². The summed E-state index contributed by atoms with van der Waals surface area (Å²) in [6.45, 7) is 5.39. The topological polar surface area (TPSA) is 213 Å². The third-order valence-corrected chi connectivity index (χ3v) is 11.1. The molecule has 0 saturated carbocycles. The molecule has 0 bridgehead atoms. The average molecular weight is 773 g/mol. The summed E-state index contributed by atoms with van der Waals surface area (Å²) in [6, 6.07) is 9.74. The minimum Gasteiger partial charge on any atom is -0.458 e. The fraction of sp³-hybridized carbons (Fsp3) is 0.525. The minimum absolute atomic E-state index is 0.0301. The standard InChI is InChI=1S/C40H52N8O8/c1-23-18-32-39(54)56-25(3)33(45-34(49)29(19-26-12-6-4-7-13-26)44-40(55)43-28-14-8-5-9-15-28)38(53)48-22-27(41)20-31(48)37(52)46-17-11-10-16-30(46)35(50)42-24(2)36(51)47(32)21-23/h4-9,12-15,23-25,27,29-33H,10-11,16-22,41H2,1-3H3,(H,42,50)(H,45,49)(H2,43,44,55)/t23-,24+,25+,27?,29+,30+,31+,32+,33+/m1/s1. The zero-order valence-electron chi connectivity index (χ0n) is 32.0. The van der Waals surface area contributed by atoms with E-state index in [1.807, 2.05) is 13.0 Å². The minimum atomic E-state index is -1.53. The number of ether oxygens (including phenoxy) is 1. The van der Waals surface area contributed by atoms with Crippen molar-refractivity contribution in [1.82, 2.24) is 30.7 Å². The summed E-state index contributed by atoms with van der Waals surface area (Å²) in [6.07, 6.45) is 0.841. The fourth-order valence-electron chi connectivity index (χ4n) is 8.19. The van der Waals surface area contributed by atoms with Crippen molar-refractivity contribution in [2.24, 2.45) is 11.7 Å². The van der Waals surface area contributed by atoms with Gasteiger partial charge in [-0.3, -0.25) is 24.0 Å². The smallest absolute Gasteiger partial charge is 0.329 e. The third-order valence-electron chi connectivity index (χ3n) is 11.1. The van der Waals surface area contributed by atoms with Crippen molar-refractivity contribution in [3.63, 3.8) is 0 Å². The number of anilines is 1. The second-order valence-electron chi connectivity index (χ2n) is 15.5. The van der Waals surface area contributed by atoms with Crippen LogP contribution >= 0.6 is 0 Å². The van der Waals surface area contributed by atoms with Crippen molar-refractivity contribution in [3.8, 4) is 0 Å². The van der Waals surface area contributed by atoms with Gasteiger partial charge >= 0.3 is 12.0 Å². The number of esters is 1. The van der Waals surface area contributed by atoms with E-state index in [0.717, 1.165) is 5.56 Å². The number of hydrogen-bond acceptors (Lipinski definition) is 9. The molecule has 4 aliphatic rings. The fourth-order valence-corrected chi connectivity index (χ4v) is 8.19. The molecule has 4 heterocycles. The number of piperidine rings is 1. The molecule has 300 valence electrons. The van der Waals surface area contributed by atoms with E-state index >= 15 is 0 Å². The van der Waals surface area contributed by atoms with E-state index in [9.17, 15) is 33.6 Å². The second-order valence-corrected chi connectivity index (χ2v) is 15.5. The highest BCUT2D eigenvalue weighted by atomic mass is 16.5. The molecule has 4 saturated heterocycles. The average Bonchev–Trinajstić information content (AvgIpc) is 3.78. The number of carbonyl (C=O) groups is 7. The van der Waals surface area contributed by atoms with E-state index in [0.29, 0.717) is 24.9 Å². The highest BCUT2D eigenvalue weighted by Gasteiger charge is 2.48. The number of fused-ring (bicyclic) bond motifs is 3. The van der Waals surface area contributed by atoms with Crippen LogP contribution in [-0.4, -0.2) is 124 Å². The van der Waals surface area contributed by atoms with Crippen LogP contribution in [0.1, 0.15) is 58.4 Å². The number of para-hydroxylation sites is 1. The van der Waals surface area contributed by atoms with Crippen molar-refractivity contribution >= 4 is 47.2 Å². The van der Waals surface area contributed by atoms with Crippen LogP contribution in [0.2, 0.25) is 0 Å². The molecule has 16 nitrogen and oxygen atoms in total. The molecule has 2 aromatic rings. The Labute approximate surface area is 326 Å². The molecular formula is C40H52N8O8. The summed E-state index contributed by atoms with van der Waals surface area (Å²) < 4.78 is 5.94. The number of hydrogen-bond donors (Lipinski definition) is 5. The highest BCUT2D eigenvalue weighted by Crippen LogP contribution is 2.28. The highest BCUT2D eigenvalue weighted by molar-refractivity contribution is 5.99. The summed E-state index contributed by atoms with van der Waals surface area (Å²) >= 11 is 0. The summed E-state index contributed by atoms with van der Waals surface area (Å²) in [5.41, 5.74) is 7.61. The van der Waals surface area contributed by atoms with Crippen LogP contribution in [0.5, 0.6) is 0 Å². The summed E-state index contributed by atoms with van der Waals surface area (Å²) in [5.74, 6) is -3.75. The first-order valence-electron chi connectivity index (χ1n) is 19.5. The first-order valence-corrected chi connectivity index (χ1v) is 19.5. The van der Waals surface area contributed by atoms with Crippen LogP contribution in [0.15, 0.2) is 60.7 Å². The van der Waals surface area contributed by atoms with E-state index in [1.165, 1.54) is 21.6 Å². The van der Waals surface area contributed by atoms with Crippen LogP contribution in [-0.2, 0) is 39.9 Å². The van der Waals surface area contributed by atoms with Crippen LogP contribution in [0.3, 0.4) is 0 Å². The number of benzene rings is 2. The van der Waals surface area contributed by atoms with Gasteiger partial charge in [0.15, 0.2) is 0 Å². The van der Waals surface area contributed by atoms with Gasteiger partial charge in [-0.25, -0.2) is 9.59 Å². The maximum atomic E-state index is 14.8. The van der Waals surface area contributed by atoms with Gasteiger partial charge in [-0.15, -0.1) is 0 Å². The first kappa shape index (κ1) is 40.2. The molecule has 4 fully saturated rings. The number of cyclic esters (lactones) is 1. The van der Waals surface area contributed by atoms with Gasteiger partial charge in [-0.2, -0.15) is 0 Å².